The van der Waals surface area contributed by atoms with E-state index in [9.17, 15) is 4.79 Å². The smallest absolute Gasteiger partial charge is 0.328 e. The number of carbonyl (C=O) groups is 1. The molecule has 2 aromatic heterocycles. The van der Waals surface area contributed by atoms with Gasteiger partial charge in [-0.1, -0.05) is 48.0 Å². The number of fused-ring (bicyclic) bond motifs is 1. The molecular weight excluding hydrogens is 388 g/mol. The highest BCUT2D eigenvalue weighted by molar-refractivity contribution is 6.35. The first-order valence-corrected chi connectivity index (χ1v) is 9.09. The van der Waals surface area contributed by atoms with Gasteiger partial charge in [0.15, 0.2) is 0 Å². The maximum Gasteiger partial charge on any atom is 0.328 e. The van der Waals surface area contributed by atoms with E-state index in [1.807, 2.05) is 48.5 Å². The van der Waals surface area contributed by atoms with Gasteiger partial charge in [-0.2, -0.15) is 0 Å². The van der Waals surface area contributed by atoms with Crippen LogP contribution in [0.2, 0.25) is 5.02 Å². The molecule has 0 saturated heterocycles. The third kappa shape index (κ3) is 3.79. The van der Waals surface area contributed by atoms with E-state index in [1.54, 1.807) is 12.3 Å². The lowest BCUT2D eigenvalue weighted by atomic mass is 10.0. The third-order valence-corrected chi connectivity index (χ3v) is 4.60. The molecule has 4 rings (SSSR count). The number of pyridine rings is 1. The van der Waals surface area contributed by atoms with E-state index in [4.69, 9.17) is 22.4 Å². The fraction of sp³-hybridized carbons (Fsp3) is 0. The molecule has 3 N–H and O–H groups in total. The SMILES string of the molecule is Nc1nc(-c2ccccc2)c(-c2cc(Cl)c3ncccc3c2)nc1/C=C/C(=O)O. The van der Waals surface area contributed by atoms with Crippen molar-refractivity contribution in [3.05, 3.63) is 77.6 Å². The van der Waals surface area contributed by atoms with Crippen molar-refractivity contribution in [1.29, 1.82) is 0 Å². The van der Waals surface area contributed by atoms with Gasteiger partial charge in [0.1, 0.15) is 11.5 Å². The number of carboxylic acid groups (broad SMARTS) is 1. The standard InChI is InChI=1S/C22H15ClN4O2/c23-16-12-15(11-14-7-4-10-25-19(14)16)21-20(13-5-2-1-3-6-13)27-22(24)17(26-21)8-9-18(28)29/h1-12H,(H2,24,27)(H,28,29)/b9-8+. The highest BCUT2D eigenvalue weighted by Crippen LogP contribution is 2.35. The number of hydrogen-bond acceptors (Lipinski definition) is 5. The molecule has 0 aliphatic carbocycles. The summed E-state index contributed by atoms with van der Waals surface area (Å²) in [4.78, 5) is 24.4. The van der Waals surface area contributed by atoms with Crippen LogP contribution in [-0.2, 0) is 4.79 Å². The number of nitrogens with two attached hydrogens (primary N) is 1. The second-order valence-electron chi connectivity index (χ2n) is 6.26. The van der Waals surface area contributed by atoms with Gasteiger partial charge in [-0.15, -0.1) is 0 Å². The summed E-state index contributed by atoms with van der Waals surface area (Å²) in [5.74, 6) is -0.960. The van der Waals surface area contributed by atoms with Gasteiger partial charge in [0, 0.05) is 28.8 Å². The van der Waals surface area contributed by atoms with E-state index in [1.165, 1.54) is 6.08 Å². The summed E-state index contributed by atoms with van der Waals surface area (Å²) in [5.41, 5.74) is 9.70. The molecule has 0 bridgehead atoms. The number of benzene rings is 2. The maximum absolute atomic E-state index is 10.9. The monoisotopic (exact) mass is 402 g/mol. The number of carboxylic acids is 1. The fourth-order valence-corrected chi connectivity index (χ4v) is 3.29. The van der Waals surface area contributed by atoms with E-state index in [0.717, 1.165) is 22.6 Å². The first kappa shape index (κ1) is 18.6. The normalized spacial score (nSPS) is 11.2. The van der Waals surface area contributed by atoms with Crippen LogP contribution in [-0.4, -0.2) is 26.0 Å². The minimum absolute atomic E-state index is 0.138. The Morgan fingerprint density at radius 2 is 1.76 bits per heavy atom. The van der Waals surface area contributed by atoms with E-state index >= 15 is 0 Å². The Hall–Kier alpha value is -3.77. The number of hydrogen-bond donors (Lipinski definition) is 2. The quantitative estimate of drug-likeness (QED) is 0.480. The van der Waals surface area contributed by atoms with Crippen LogP contribution in [0.3, 0.4) is 0 Å². The second kappa shape index (κ2) is 7.69. The van der Waals surface area contributed by atoms with E-state index in [0.29, 0.717) is 21.9 Å². The number of anilines is 1. The number of nitrogens with zero attached hydrogens (tertiary/aromatic N) is 3. The van der Waals surface area contributed by atoms with Crippen LogP contribution in [0.5, 0.6) is 0 Å². The summed E-state index contributed by atoms with van der Waals surface area (Å²) in [5, 5.41) is 10.3. The molecule has 7 heteroatoms. The van der Waals surface area contributed by atoms with Gasteiger partial charge in [-0.05, 0) is 24.3 Å². The summed E-state index contributed by atoms with van der Waals surface area (Å²) in [6, 6.07) is 16.9. The molecule has 0 radical (unpaired) electrons. The van der Waals surface area contributed by atoms with Crippen LogP contribution in [0.1, 0.15) is 5.69 Å². The third-order valence-electron chi connectivity index (χ3n) is 4.31. The highest BCUT2D eigenvalue weighted by atomic mass is 35.5. The summed E-state index contributed by atoms with van der Waals surface area (Å²) >= 11 is 6.46. The first-order chi connectivity index (χ1) is 14.0. The lowest BCUT2D eigenvalue weighted by Crippen LogP contribution is -2.03. The zero-order valence-corrected chi connectivity index (χ0v) is 15.8. The molecular formula is C22H15ClN4O2. The van der Waals surface area contributed by atoms with Crippen LogP contribution in [0, 0.1) is 0 Å². The largest absolute Gasteiger partial charge is 0.478 e. The summed E-state index contributed by atoms with van der Waals surface area (Å²) in [6.45, 7) is 0. The topological polar surface area (TPSA) is 102 Å². The molecule has 2 heterocycles. The van der Waals surface area contributed by atoms with Crippen molar-refractivity contribution < 1.29 is 9.90 Å². The Bertz CT molecular complexity index is 1260. The second-order valence-corrected chi connectivity index (χ2v) is 6.67. The summed E-state index contributed by atoms with van der Waals surface area (Å²) in [6.07, 6.45) is 3.98. The Kier molecular flexibility index (Phi) is 4.93. The molecule has 0 fully saturated rings. The molecule has 142 valence electrons. The zero-order chi connectivity index (χ0) is 20.4. The summed E-state index contributed by atoms with van der Waals surface area (Å²) in [7, 11) is 0. The number of nitrogen functional groups attached to an aromatic ring is 1. The van der Waals surface area contributed by atoms with Gasteiger partial charge in [0.05, 0.1) is 21.9 Å². The van der Waals surface area contributed by atoms with Gasteiger partial charge in [-0.25, -0.2) is 14.8 Å². The van der Waals surface area contributed by atoms with Crippen molar-refractivity contribution in [2.45, 2.75) is 0 Å². The molecule has 0 atom stereocenters. The fourth-order valence-electron chi connectivity index (χ4n) is 3.02. The molecule has 0 unspecified atom stereocenters. The molecule has 4 aromatic rings. The Labute approximate surface area is 171 Å². The summed E-state index contributed by atoms with van der Waals surface area (Å²) < 4.78 is 0. The van der Waals surface area contributed by atoms with Crippen LogP contribution in [0.4, 0.5) is 5.82 Å². The van der Waals surface area contributed by atoms with Gasteiger partial charge >= 0.3 is 5.97 Å². The van der Waals surface area contributed by atoms with Gasteiger partial charge in [0.2, 0.25) is 0 Å². The van der Waals surface area contributed by atoms with Gasteiger partial charge < -0.3 is 10.8 Å². The van der Waals surface area contributed by atoms with Crippen LogP contribution < -0.4 is 5.73 Å². The van der Waals surface area contributed by atoms with Crippen molar-refractivity contribution in [1.82, 2.24) is 15.0 Å². The molecule has 0 spiro atoms. The van der Waals surface area contributed by atoms with E-state index in [2.05, 4.69) is 15.0 Å². The molecule has 0 aliphatic rings. The molecule has 6 nitrogen and oxygen atoms in total. The first-order valence-electron chi connectivity index (χ1n) is 8.71. The Morgan fingerprint density at radius 1 is 1.00 bits per heavy atom. The van der Waals surface area contributed by atoms with Crippen LogP contribution >= 0.6 is 11.6 Å². The number of rotatable bonds is 4. The van der Waals surface area contributed by atoms with Crippen molar-refractivity contribution >= 4 is 40.4 Å². The number of halogens is 1. The van der Waals surface area contributed by atoms with Crippen LogP contribution in [0.25, 0.3) is 39.5 Å². The van der Waals surface area contributed by atoms with Crippen molar-refractivity contribution in [2.24, 2.45) is 0 Å². The Balaban J connectivity index is 1.99. The molecule has 2 aromatic carbocycles. The average Bonchev–Trinajstić information content (AvgIpc) is 2.73. The maximum atomic E-state index is 10.9. The number of aromatic nitrogens is 3. The van der Waals surface area contributed by atoms with Gasteiger partial charge in [-0.3, -0.25) is 4.98 Å². The number of aliphatic carboxylic acids is 1. The molecule has 0 saturated carbocycles. The van der Waals surface area contributed by atoms with Crippen molar-refractivity contribution in [3.63, 3.8) is 0 Å². The van der Waals surface area contributed by atoms with E-state index < -0.39 is 5.97 Å². The van der Waals surface area contributed by atoms with Gasteiger partial charge in [0.25, 0.3) is 0 Å². The minimum Gasteiger partial charge on any atom is -0.478 e. The minimum atomic E-state index is -1.10. The van der Waals surface area contributed by atoms with Crippen molar-refractivity contribution in [2.75, 3.05) is 5.73 Å². The lowest BCUT2D eigenvalue weighted by Gasteiger charge is -2.13. The Morgan fingerprint density at radius 3 is 2.52 bits per heavy atom. The molecule has 29 heavy (non-hydrogen) atoms. The lowest BCUT2D eigenvalue weighted by molar-refractivity contribution is -0.131. The van der Waals surface area contributed by atoms with E-state index in [-0.39, 0.29) is 11.5 Å². The van der Waals surface area contributed by atoms with Crippen LogP contribution in [0.15, 0.2) is 66.9 Å². The predicted molar refractivity (Wildman–Crippen MR) is 114 cm³/mol. The zero-order valence-electron chi connectivity index (χ0n) is 15.1. The predicted octanol–water partition coefficient (Wildman–Crippen LogP) is 4.69. The highest BCUT2D eigenvalue weighted by Gasteiger charge is 2.16. The molecule has 0 amide bonds. The molecule has 0 aliphatic heterocycles. The van der Waals surface area contributed by atoms with Crippen molar-refractivity contribution in [3.8, 4) is 22.5 Å². The average molecular weight is 403 g/mol.